The lowest BCUT2D eigenvalue weighted by molar-refractivity contribution is -0.0888. The maximum Gasteiger partial charge on any atom is 0.137 e. The fourth-order valence-corrected chi connectivity index (χ4v) is 4.03. The Balaban J connectivity index is 2.13. The van der Waals surface area contributed by atoms with E-state index in [1.807, 2.05) is 13.8 Å². The number of hydrogen-bond donors (Lipinski definition) is 0. The van der Waals surface area contributed by atoms with Gasteiger partial charge in [0.15, 0.2) is 0 Å². The Labute approximate surface area is 131 Å². The van der Waals surface area contributed by atoms with Gasteiger partial charge in [-0.05, 0) is 19.9 Å². The largest absolute Gasteiger partial charge is 0.366 e. The van der Waals surface area contributed by atoms with Gasteiger partial charge in [-0.1, -0.05) is 6.07 Å². The maximum atomic E-state index is 14.5. The average Bonchev–Trinajstić information content (AvgIpc) is 2.94. The smallest absolute Gasteiger partial charge is 0.137 e. The van der Waals surface area contributed by atoms with Crippen LogP contribution in [0, 0.1) is 11.6 Å². The highest BCUT2D eigenvalue weighted by atomic mass is 32.2. The molecule has 0 spiro atoms. The average molecular weight is 325 g/mol. The molecule has 0 bridgehead atoms. The van der Waals surface area contributed by atoms with Gasteiger partial charge in [-0.3, -0.25) is 0 Å². The molecule has 1 aromatic heterocycles. The maximum absolute atomic E-state index is 14.5. The van der Waals surface area contributed by atoms with E-state index in [2.05, 4.69) is 10.1 Å². The van der Waals surface area contributed by atoms with Crippen LogP contribution in [0.5, 0.6) is 0 Å². The molecule has 0 radical (unpaired) electrons. The van der Waals surface area contributed by atoms with Crippen molar-refractivity contribution in [2.45, 2.75) is 30.7 Å². The normalized spacial score (nSPS) is 24.4. The van der Waals surface area contributed by atoms with E-state index in [1.165, 1.54) is 18.5 Å². The number of aromatic nitrogens is 3. The van der Waals surface area contributed by atoms with Gasteiger partial charge < -0.3 is 4.74 Å². The minimum absolute atomic E-state index is 0.315. The molecule has 1 saturated heterocycles. The zero-order valence-electron chi connectivity index (χ0n) is 12.4. The molecule has 1 aliphatic heterocycles. The highest BCUT2D eigenvalue weighted by Gasteiger charge is 2.52. The first-order valence-electron chi connectivity index (χ1n) is 7.00. The summed E-state index contributed by atoms with van der Waals surface area (Å²) in [5, 5.41) is 4.11. The first-order valence-corrected chi connectivity index (χ1v) is 7.99. The van der Waals surface area contributed by atoms with Gasteiger partial charge in [0.05, 0.1) is 13.2 Å². The van der Waals surface area contributed by atoms with Crippen LogP contribution in [0.15, 0.2) is 30.9 Å². The molecule has 1 aliphatic rings. The molecule has 0 aliphatic carbocycles. The van der Waals surface area contributed by atoms with E-state index in [9.17, 15) is 8.78 Å². The summed E-state index contributed by atoms with van der Waals surface area (Å²) in [6.07, 6.45) is 3.00. The van der Waals surface area contributed by atoms with Gasteiger partial charge >= 0.3 is 0 Å². The predicted molar refractivity (Wildman–Crippen MR) is 80.5 cm³/mol. The van der Waals surface area contributed by atoms with Crippen molar-refractivity contribution in [3.63, 3.8) is 0 Å². The number of rotatable bonds is 3. The van der Waals surface area contributed by atoms with Crippen LogP contribution in [0.25, 0.3) is 0 Å². The molecule has 2 heterocycles. The third-order valence-corrected chi connectivity index (χ3v) is 5.51. The molecular weight excluding hydrogens is 308 g/mol. The van der Waals surface area contributed by atoms with Crippen LogP contribution >= 0.6 is 11.8 Å². The fourth-order valence-electron chi connectivity index (χ4n) is 2.89. The quantitative estimate of drug-likeness (QED) is 0.870. The van der Waals surface area contributed by atoms with Crippen LogP contribution in [-0.4, -0.2) is 31.9 Å². The van der Waals surface area contributed by atoms with Crippen molar-refractivity contribution in [1.29, 1.82) is 0 Å². The third kappa shape index (κ3) is 2.52. The number of thioether (sulfide) groups is 1. The zero-order chi connectivity index (χ0) is 15.8. The lowest BCUT2D eigenvalue weighted by atomic mass is 9.81. The molecule has 0 unspecified atom stereocenters. The number of nitrogens with zero attached hydrogens (tertiary/aromatic N) is 3. The Morgan fingerprint density at radius 3 is 2.82 bits per heavy atom. The lowest BCUT2D eigenvalue weighted by Gasteiger charge is -2.49. The molecule has 22 heavy (non-hydrogen) atoms. The van der Waals surface area contributed by atoms with Gasteiger partial charge in [0.1, 0.15) is 29.9 Å². The zero-order valence-corrected chi connectivity index (χ0v) is 13.2. The van der Waals surface area contributed by atoms with E-state index in [1.54, 1.807) is 22.8 Å². The molecule has 1 fully saturated rings. The van der Waals surface area contributed by atoms with Gasteiger partial charge in [-0.2, -0.15) is 5.10 Å². The SMILES string of the molecule is CC1(C)SCCO[C@@]1(Cn1cncn1)c1ccc(F)cc1F. The summed E-state index contributed by atoms with van der Waals surface area (Å²) >= 11 is 1.71. The summed E-state index contributed by atoms with van der Waals surface area (Å²) < 4.78 is 35.1. The minimum atomic E-state index is -0.943. The van der Waals surface area contributed by atoms with E-state index in [4.69, 9.17) is 4.74 Å². The molecule has 0 saturated carbocycles. The van der Waals surface area contributed by atoms with Crippen molar-refractivity contribution < 1.29 is 13.5 Å². The summed E-state index contributed by atoms with van der Waals surface area (Å²) in [5.74, 6) is -0.372. The highest BCUT2D eigenvalue weighted by molar-refractivity contribution is 8.00. The fraction of sp³-hybridized carbons (Fsp3) is 0.467. The van der Waals surface area contributed by atoms with Crippen LogP contribution < -0.4 is 0 Å². The third-order valence-electron chi connectivity index (χ3n) is 4.08. The Bertz CT molecular complexity index is 663. The van der Waals surface area contributed by atoms with Gasteiger partial charge in [0.25, 0.3) is 0 Å². The Hall–Kier alpha value is -1.47. The van der Waals surface area contributed by atoms with E-state index in [0.29, 0.717) is 18.7 Å². The van der Waals surface area contributed by atoms with E-state index >= 15 is 0 Å². The molecule has 4 nitrogen and oxygen atoms in total. The standard InChI is InChI=1S/C15H17F2N3OS/c1-14(2)15(21-5-6-22-14,8-20-10-18-9-19-20)12-4-3-11(16)7-13(12)17/h3-4,7,9-10H,5-6,8H2,1-2H3/t15-/m0/s1. The van der Waals surface area contributed by atoms with Crippen molar-refractivity contribution in [3.05, 3.63) is 48.1 Å². The molecular formula is C15H17F2N3OS. The molecule has 118 valence electrons. The summed E-state index contributed by atoms with van der Waals surface area (Å²) in [7, 11) is 0. The van der Waals surface area contributed by atoms with Crippen molar-refractivity contribution in [3.8, 4) is 0 Å². The first-order chi connectivity index (χ1) is 10.4. The Morgan fingerprint density at radius 2 is 2.18 bits per heavy atom. The van der Waals surface area contributed by atoms with Crippen LogP contribution in [-0.2, 0) is 16.9 Å². The first kappa shape index (κ1) is 15.4. The van der Waals surface area contributed by atoms with Crippen molar-refractivity contribution >= 4 is 11.8 Å². The summed E-state index contributed by atoms with van der Waals surface area (Å²) in [4.78, 5) is 3.93. The van der Waals surface area contributed by atoms with Crippen LogP contribution in [0.1, 0.15) is 19.4 Å². The number of benzene rings is 1. The molecule has 7 heteroatoms. The van der Waals surface area contributed by atoms with Crippen molar-refractivity contribution in [1.82, 2.24) is 14.8 Å². The lowest BCUT2D eigenvalue weighted by Crippen LogP contribution is -2.54. The predicted octanol–water partition coefficient (Wildman–Crippen LogP) is 2.99. The van der Waals surface area contributed by atoms with Crippen LogP contribution in [0.2, 0.25) is 0 Å². The van der Waals surface area contributed by atoms with Gasteiger partial charge in [0, 0.05) is 22.1 Å². The molecule has 1 atom stereocenters. The summed E-state index contributed by atoms with van der Waals surface area (Å²) in [6, 6.07) is 3.63. The number of hydrogen-bond acceptors (Lipinski definition) is 4. The summed E-state index contributed by atoms with van der Waals surface area (Å²) in [5.41, 5.74) is -0.594. The van der Waals surface area contributed by atoms with Gasteiger partial charge in [-0.15, -0.1) is 11.8 Å². The topological polar surface area (TPSA) is 39.9 Å². The summed E-state index contributed by atoms with van der Waals surface area (Å²) in [6.45, 7) is 4.84. The molecule has 2 aromatic rings. The number of halogens is 2. The van der Waals surface area contributed by atoms with E-state index < -0.39 is 22.0 Å². The highest BCUT2D eigenvalue weighted by Crippen LogP contribution is 2.49. The molecule has 0 amide bonds. The second-order valence-corrected chi connectivity index (χ2v) is 7.47. The monoisotopic (exact) mass is 325 g/mol. The Morgan fingerprint density at radius 1 is 1.36 bits per heavy atom. The van der Waals surface area contributed by atoms with E-state index in [0.717, 1.165) is 11.8 Å². The second kappa shape index (κ2) is 5.62. The van der Waals surface area contributed by atoms with E-state index in [-0.39, 0.29) is 0 Å². The van der Waals surface area contributed by atoms with Crippen LogP contribution in [0.3, 0.4) is 0 Å². The van der Waals surface area contributed by atoms with Crippen molar-refractivity contribution in [2.75, 3.05) is 12.4 Å². The minimum Gasteiger partial charge on any atom is -0.366 e. The van der Waals surface area contributed by atoms with Gasteiger partial charge in [0.2, 0.25) is 0 Å². The molecule has 3 rings (SSSR count). The number of ether oxygens (including phenoxy) is 1. The molecule has 0 N–H and O–H groups in total. The molecule has 1 aromatic carbocycles. The van der Waals surface area contributed by atoms with Crippen LogP contribution in [0.4, 0.5) is 8.78 Å². The van der Waals surface area contributed by atoms with Crippen molar-refractivity contribution in [2.24, 2.45) is 0 Å². The van der Waals surface area contributed by atoms with Gasteiger partial charge in [-0.25, -0.2) is 18.4 Å². The Kier molecular flexibility index (Phi) is 3.94. The second-order valence-electron chi connectivity index (χ2n) is 5.75.